The van der Waals surface area contributed by atoms with Crippen LogP contribution in [0.1, 0.15) is 17.0 Å². The normalized spacial score (nSPS) is 10.5. The maximum absolute atomic E-state index is 6.19. The second-order valence-electron chi connectivity index (χ2n) is 4.52. The first-order chi connectivity index (χ1) is 9.92. The highest BCUT2D eigenvalue weighted by atomic mass is 35.5. The lowest BCUT2D eigenvalue weighted by atomic mass is 10.2. The number of benzene rings is 1. The Balaban J connectivity index is 2.23. The number of hydrogen-bond acceptors (Lipinski definition) is 4. The van der Waals surface area contributed by atoms with Gasteiger partial charge in [-0.2, -0.15) is 5.10 Å². The van der Waals surface area contributed by atoms with E-state index < -0.39 is 0 Å². The molecule has 0 aliphatic carbocycles. The summed E-state index contributed by atoms with van der Waals surface area (Å²) in [5.41, 5.74) is 7.91. The van der Waals surface area contributed by atoms with Crippen molar-refractivity contribution in [2.75, 3.05) is 7.11 Å². The molecular weight excluding hydrogens is 310 g/mol. The summed E-state index contributed by atoms with van der Waals surface area (Å²) in [4.78, 5) is 0.285. The summed E-state index contributed by atoms with van der Waals surface area (Å²) in [7, 11) is 3.40. The van der Waals surface area contributed by atoms with Gasteiger partial charge in [-0.15, -0.1) is 0 Å². The van der Waals surface area contributed by atoms with Crippen LogP contribution in [0, 0.1) is 6.92 Å². The van der Waals surface area contributed by atoms with Gasteiger partial charge < -0.3 is 15.2 Å². The molecule has 0 amide bonds. The molecule has 21 heavy (non-hydrogen) atoms. The van der Waals surface area contributed by atoms with Crippen molar-refractivity contribution >= 4 is 28.8 Å². The fraction of sp³-hybridized carbons (Fsp3) is 0.286. The SMILES string of the molecule is COc1cc(OCc2c(Cl)c(C)nn2C)cc(C(N)=S)c1. The zero-order chi connectivity index (χ0) is 15.6. The molecule has 0 bridgehead atoms. The van der Waals surface area contributed by atoms with Gasteiger partial charge in [-0.1, -0.05) is 23.8 Å². The standard InChI is InChI=1S/C14H16ClN3O2S/c1-8-13(15)12(18(2)17-8)7-20-11-5-9(14(16)21)4-10(6-11)19-3/h4-6H,7H2,1-3H3,(H2,16,21). The van der Waals surface area contributed by atoms with Crippen molar-refractivity contribution in [1.82, 2.24) is 9.78 Å². The van der Waals surface area contributed by atoms with E-state index in [0.29, 0.717) is 28.7 Å². The molecule has 0 saturated heterocycles. The predicted molar refractivity (Wildman–Crippen MR) is 86.2 cm³/mol. The van der Waals surface area contributed by atoms with Crippen molar-refractivity contribution in [1.29, 1.82) is 0 Å². The Kier molecular flexibility index (Phi) is 4.69. The van der Waals surface area contributed by atoms with E-state index in [1.165, 1.54) is 0 Å². The highest BCUT2D eigenvalue weighted by Gasteiger charge is 2.12. The first-order valence-electron chi connectivity index (χ1n) is 6.22. The molecule has 0 aliphatic rings. The molecule has 1 aromatic carbocycles. The van der Waals surface area contributed by atoms with Gasteiger partial charge in [0.1, 0.15) is 23.1 Å². The Morgan fingerprint density at radius 1 is 1.38 bits per heavy atom. The van der Waals surface area contributed by atoms with Gasteiger partial charge in [-0.25, -0.2) is 0 Å². The Bertz CT molecular complexity index is 685. The van der Waals surface area contributed by atoms with Crippen LogP contribution in [0.15, 0.2) is 18.2 Å². The van der Waals surface area contributed by atoms with Gasteiger partial charge in [-0.3, -0.25) is 4.68 Å². The third kappa shape index (κ3) is 3.46. The zero-order valence-electron chi connectivity index (χ0n) is 12.0. The van der Waals surface area contributed by atoms with Gasteiger partial charge in [0.25, 0.3) is 0 Å². The third-order valence-electron chi connectivity index (χ3n) is 3.04. The maximum Gasteiger partial charge on any atom is 0.131 e. The molecule has 0 aliphatic heterocycles. The molecule has 5 nitrogen and oxygen atoms in total. The molecule has 2 rings (SSSR count). The number of halogens is 1. The molecule has 0 atom stereocenters. The molecular formula is C14H16ClN3O2S. The molecule has 0 unspecified atom stereocenters. The van der Waals surface area contributed by atoms with Crippen LogP contribution in [0.5, 0.6) is 11.5 Å². The van der Waals surface area contributed by atoms with Crippen LogP contribution in [-0.4, -0.2) is 21.9 Å². The van der Waals surface area contributed by atoms with Crippen LogP contribution in [-0.2, 0) is 13.7 Å². The minimum Gasteiger partial charge on any atom is -0.497 e. The van der Waals surface area contributed by atoms with Gasteiger partial charge >= 0.3 is 0 Å². The van der Waals surface area contributed by atoms with Crippen LogP contribution >= 0.6 is 23.8 Å². The predicted octanol–water partition coefficient (Wildman–Crippen LogP) is 2.60. The van der Waals surface area contributed by atoms with Crippen molar-refractivity contribution in [3.05, 3.63) is 40.2 Å². The van der Waals surface area contributed by atoms with Gasteiger partial charge in [-0.05, 0) is 19.1 Å². The molecule has 1 heterocycles. The molecule has 0 fully saturated rings. The summed E-state index contributed by atoms with van der Waals surface area (Å²) in [5, 5.41) is 4.85. The van der Waals surface area contributed by atoms with Crippen LogP contribution < -0.4 is 15.2 Å². The Hall–Kier alpha value is -1.79. The lowest BCUT2D eigenvalue weighted by Gasteiger charge is -2.10. The minimum atomic E-state index is 0.285. The molecule has 0 saturated carbocycles. The van der Waals surface area contributed by atoms with Gasteiger partial charge in [0.05, 0.1) is 23.5 Å². The van der Waals surface area contributed by atoms with Crippen LogP contribution in [0.25, 0.3) is 0 Å². The quantitative estimate of drug-likeness (QED) is 0.856. The Morgan fingerprint density at radius 3 is 2.57 bits per heavy atom. The average Bonchev–Trinajstić information content (AvgIpc) is 2.69. The van der Waals surface area contributed by atoms with Crippen molar-refractivity contribution < 1.29 is 9.47 Å². The van der Waals surface area contributed by atoms with Crippen LogP contribution in [0.2, 0.25) is 5.02 Å². The number of hydrogen-bond donors (Lipinski definition) is 1. The van der Waals surface area contributed by atoms with Crippen molar-refractivity contribution in [3.8, 4) is 11.5 Å². The fourth-order valence-corrected chi connectivity index (χ4v) is 2.24. The number of nitrogens with two attached hydrogens (primary N) is 1. The first-order valence-corrected chi connectivity index (χ1v) is 7.00. The number of nitrogens with zero attached hydrogens (tertiary/aromatic N) is 2. The van der Waals surface area contributed by atoms with E-state index in [1.807, 2.05) is 14.0 Å². The minimum absolute atomic E-state index is 0.285. The highest BCUT2D eigenvalue weighted by molar-refractivity contribution is 7.80. The number of methoxy groups -OCH3 is 1. The first kappa shape index (κ1) is 15.6. The summed E-state index contributed by atoms with van der Waals surface area (Å²) >= 11 is 11.2. The number of thiocarbonyl (C=S) groups is 1. The summed E-state index contributed by atoms with van der Waals surface area (Å²) in [5.74, 6) is 1.23. The average molecular weight is 326 g/mol. The van der Waals surface area contributed by atoms with E-state index in [0.717, 1.165) is 11.4 Å². The van der Waals surface area contributed by atoms with Crippen molar-refractivity contribution in [3.63, 3.8) is 0 Å². The highest BCUT2D eigenvalue weighted by Crippen LogP contribution is 2.25. The number of ether oxygens (including phenoxy) is 2. The number of aryl methyl sites for hydroxylation is 2. The Labute approximate surface area is 133 Å². The molecule has 112 valence electrons. The summed E-state index contributed by atoms with van der Waals surface area (Å²) in [6.07, 6.45) is 0. The summed E-state index contributed by atoms with van der Waals surface area (Å²) < 4.78 is 12.7. The zero-order valence-corrected chi connectivity index (χ0v) is 13.6. The van der Waals surface area contributed by atoms with Crippen molar-refractivity contribution in [2.24, 2.45) is 12.8 Å². The smallest absolute Gasteiger partial charge is 0.131 e. The molecule has 1 aromatic heterocycles. The lowest BCUT2D eigenvalue weighted by molar-refractivity contribution is 0.293. The monoisotopic (exact) mass is 325 g/mol. The van der Waals surface area contributed by atoms with Crippen molar-refractivity contribution in [2.45, 2.75) is 13.5 Å². The van der Waals surface area contributed by atoms with E-state index in [4.69, 9.17) is 39.0 Å². The Morgan fingerprint density at radius 2 is 2.05 bits per heavy atom. The van der Waals surface area contributed by atoms with Gasteiger partial charge in [0.2, 0.25) is 0 Å². The maximum atomic E-state index is 6.19. The molecule has 0 spiro atoms. The summed E-state index contributed by atoms with van der Waals surface area (Å²) in [6, 6.07) is 5.29. The topological polar surface area (TPSA) is 62.3 Å². The molecule has 7 heteroatoms. The van der Waals surface area contributed by atoms with Crippen LogP contribution in [0.4, 0.5) is 0 Å². The molecule has 0 radical (unpaired) electrons. The van der Waals surface area contributed by atoms with E-state index in [1.54, 1.807) is 30.0 Å². The number of aromatic nitrogens is 2. The van der Waals surface area contributed by atoms with E-state index >= 15 is 0 Å². The van der Waals surface area contributed by atoms with E-state index in [-0.39, 0.29) is 4.99 Å². The van der Waals surface area contributed by atoms with Gasteiger partial charge in [0, 0.05) is 18.7 Å². The second-order valence-corrected chi connectivity index (χ2v) is 5.34. The number of rotatable bonds is 5. The lowest BCUT2D eigenvalue weighted by Crippen LogP contribution is -2.10. The third-order valence-corrected chi connectivity index (χ3v) is 3.76. The molecule has 2 aromatic rings. The van der Waals surface area contributed by atoms with E-state index in [2.05, 4.69) is 5.10 Å². The molecule has 2 N–H and O–H groups in total. The fourth-order valence-electron chi connectivity index (χ4n) is 1.90. The largest absolute Gasteiger partial charge is 0.497 e. The second kappa shape index (κ2) is 6.32. The van der Waals surface area contributed by atoms with Gasteiger partial charge in [0.15, 0.2) is 0 Å². The summed E-state index contributed by atoms with van der Waals surface area (Å²) in [6.45, 7) is 2.14. The van der Waals surface area contributed by atoms with Crippen LogP contribution in [0.3, 0.4) is 0 Å². The van der Waals surface area contributed by atoms with E-state index in [9.17, 15) is 0 Å².